The number of halogens is 1. The lowest BCUT2D eigenvalue weighted by Gasteiger charge is -2.32. The molecule has 0 bridgehead atoms. The van der Waals surface area contributed by atoms with Crippen molar-refractivity contribution < 1.29 is 9.53 Å². The molecule has 2 heterocycles. The number of anilines is 1. The van der Waals surface area contributed by atoms with Crippen molar-refractivity contribution in [3.05, 3.63) is 41.6 Å². The Morgan fingerprint density at radius 2 is 2.04 bits per heavy atom. The first-order chi connectivity index (χ1) is 11.1. The molecule has 0 atom stereocenters. The van der Waals surface area contributed by atoms with E-state index in [0.717, 1.165) is 12.8 Å². The maximum Gasteiger partial charge on any atom is 0.323 e. The number of carbonyl (C=O) groups excluding carboxylic acids is 1. The molecule has 0 radical (unpaired) electrons. The summed E-state index contributed by atoms with van der Waals surface area (Å²) in [4.78, 5) is 14.0. The van der Waals surface area contributed by atoms with Crippen LogP contribution in [0, 0.1) is 0 Å². The summed E-state index contributed by atoms with van der Waals surface area (Å²) in [5.74, 6) is 1.26. The lowest BCUT2D eigenvalue weighted by Crippen LogP contribution is -2.43. The molecular formula is C16H19ClN4O2. The molecule has 1 saturated heterocycles. The van der Waals surface area contributed by atoms with E-state index < -0.39 is 0 Å². The van der Waals surface area contributed by atoms with E-state index in [4.69, 9.17) is 16.3 Å². The average molecular weight is 335 g/mol. The van der Waals surface area contributed by atoms with E-state index in [-0.39, 0.29) is 12.1 Å². The highest BCUT2D eigenvalue weighted by atomic mass is 35.5. The number of aryl methyl sites for hydroxylation is 1. The summed E-state index contributed by atoms with van der Waals surface area (Å²) in [6.45, 7) is 1.29. The number of hydrogen-bond donors (Lipinski definition) is 1. The number of nitrogens with one attached hydrogen (secondary N) is 1. The summed E-state index contributed by atoms with van der Waals surface area (Å²) < 4.78 is 7.58. The topological polar surface area (TPSA) is 59.4 Å². The number of benzene rings is 1. The van der Waals surface area contributed by atoms with Gasteiger partial charge in [0, 0.05) is 45.2 Å². The molecule has 122 valence electrons. The molecule has 3 rings (SSSR count). The fraction of sp³-hybridized carbons (Fsp3) is 0.375. The second-order valence-electron chi connectivity index (χ2n) is 5.54. The lowest BCUT2D eigenvalue weighted by molar-refractivity contribution is 0.115. The third-order valence-corrected chi connectivity index (χ3v) is 4.12. The van der Waals surface area contributed by atoms with E-state index in [1.54, 1.807) is 21.8 Å². The molecule has 1 aliphatic heterocycles. The SMILES string of the molecule is Cn1ccc(NC(=O)N2CCC(Oc3ccccc3Cl)CC2)n1. The molecule has 0 unspecified atom stereocenters. The van der Waals surface area contributed by atoms with Gasteiger partial charge in [0.2, 0.25) is 0 Å². The fourth-order valence-electron chi connectivity index (χ4n) is 2.57. The number of urea groups is 1. The summed E-state index contributed by atoms with van der Waals surface area (Å²) in [6.07, 6.45) is 3.43. The third kappa shape index (κ3) is 3.96. The highest BCUT2D eigenvalue weighted by Gasteiger charge is 2.24. The van der Waals surface area contributed by atoms with Gasteiger partial charge in [-0.2, -0.15) is 5.10 Å². The van der Waals surface area contributed by atoms with Crippen molar-refractivity contribution in [2.75, 3.05) is 18.4 Å². The second kappa shape index (κ2) is 6.91. The number of piperidine rings is 1. The normalized spacial score (nSPS) is 15.5. The fourth-order valence-corrected chi connectivity index (χ4v) is 2.75. The van der Waals surface area contributed by atoms with Gasteiger partial charge in [-0.3, -0.25) is 10.00 Å². The number of carbonyl (C=O) groups is 1. The summed E-state index contributed by atoms with van der Waals surface area (Å²) in [5.41, 5.74) is 0. The summed E-state index contributed by atoms with van der Waals surface area (Å²) in [6, 6.07) is 9.09. The minimum Gasteiger partial charge on any atom is -0.489 e. The number of nitrogens with zero attached hydrogens (tertiary/aromatic N) is 3. The predicted octanol–water partition coefficient (Wildman–Crippen LogP) is 3.15. The minimum absolute atomic E-state index is 0.0776. The van der Waals surface area contributed by atoms with Crippen LogP contribution in [-0.2, 0) is 7.05 Å². The molecule has 0 aliphatic carbocycles. The molecule has 0 spiro atoms. The van der Waals surface area contributed by atoms with Gasteiger partial charge in [0.05, 0.1) is 5.02 Å². The predicted molar refractivity (Wildman–Crippen MR) is 88.9 cm³/mol. The Balaban J connectivity index is 1.50. The number of amides is 2. The van der Waals surface area contributed by atoms with Crippen LogP contribution in [0.4, 0.5) is 10.6 Å². The monoisotopic (exact) mass is 334 g/mol. The van der Waals surface area contributed by atoms with Crippen molar-refractivity contribution in [1.29, 1.82) is 0 Å². The zero-order valence-corrected chi connectivity index (χ0v) is 13.7. The van der Waals surface area contributed by atoms with Crippen LogP contribution in [0.25, 0.3) is 0 Å². The Morgan fingerprint density at radius 1 is 1.30 bits per heavy atom. The molecule has 1 aromatic heterocycles. The van der Waals surface area contributed by atoms with Gasteiger partial charge in [0.1, 0.15) is 11.9 Å². The van der Waals surface area contributed by atoms with Gasteiger partial charge < -0.3 is 9.64 Å². The molecule has 23 heavy (non-hydrogen) atoms. The molecule has 1 fully saturated rings. The number of ether oxygens (including phenoxy) is 1. The highest BCUT2D eigenvalue weighted by Crippen LogP contribution is 2.26. The van der Waals surface area contributed by atoms with Gasteiger partial charge in [-0.25, -0.2) is 4.79 Å². The third-order valence-electron chi connectivity index (χ3n) is 3.81. The summed E-state index contributed by atoms with van der Waals surface area (Å²) in [7, 11) is 1.81. The molecule has 1 aliphatic rings. The van der Waals surface area contributed by atoms with Crippen molar-refractivity contribution in [2.24, 2.45) is 7.05 Å². The molecule has 7 heteroatoms. The van der Waals surface area contributed by atoms with Crippen LogP contribution < -0.4 is 10.1 Å². The Bertz CT molecular complexity index is 680. The van der Waals surface area contributed by atoms with E-state index >= 15 is 0 Å². The number of hydrogen-bond acceptors (Lipinski definition) is 3. The van der Waals surface area contributed by atoms with Crippen LogP contribution >= 0.6 is 11.6 Å². The van der Waals surface area contributed by atoms with Crippen LogP contribution in [0.5, 0.6) is 5.75 Å². The average Bonchev–Trinajstić information content (AvgIpc) is 2.95. The number of likely N-dealkylation sites (tertiary alicyclic amines) is 1. The van der Waals surface area contributed by atoms with Gasteiger partial charge in [-0.05, 0) is 12.1 Å². The number of aromatic nitrogens is 2. The maximum atomic E-state index is 12.2. The molecule has 6 nitrogen and oxygen atoms in total. The first-order valence-corrected chi connectivity index (χ1v) is 7.96. The zero-order chi connectivity index (χ0) is 16.2. The van der Waals surface area contributed by atoms with Crippen LogP contribution in [0.3, 0.4) is 0 Å². The first kappa shape index (κ1) is 15.7. The standard InChI is InChI=1S/C16H19ClN4O2/c1-20-9-8-15(19-20)18-16(22)21-10-6-12(7-11-21)23-14-5-3-2-4-13(14)17/h2-5,8-9,12H,6-7,10-11H2,1H3,(H,18,19,22). The molecule has 2 aromatic rings. The van der Waals surface area contributed by atoms with Crippen molar-refractivity contribution in [3.8, 4) is 5.75 Å². The highest BCUT2D eigenvalue weighted by molar-refractivity contribution is 6.32. The van der Waals surface area contributed by atoms with Gasteiger partial charge in [-0.1, -0.05) is 23.7 Å². The second-order valence-corrected chi connectivity index (χ2v) is 5.95. The van der Waals surface area contributed by atoms with Crippen molar-refractivity contribution in [1.82, 2.24) is 14.7 Å². The Kier molecular flexibility index (Phi) is 4.71. The molecular weight excluding hydrogens is 316 g/mol. The first-order valence-electron chi connectivity index (χ1n) is 7.58. The summed E-state index contributed by atoms with van der Waals surface area (Å²) in [5, 5.41) is 7.56. The van der Waals surface area contributed by atoms with Gasteiger partial charge in [0.25, 0.3) is 0 Å². The number of para-hydroxylation sites is 1. The van der Waals surface area contributed by atoms with Gasteiger partial charge >= 0.3 is 6.03 Å². The van der Waals surface area contributed by atoms with Crippen molar-refractivity contribution in [3.63, 3.8) is 0 Å². The molecule has 2 amide bonds. The number of rotatable bonds is 3. The van der Waals surface area contributed by atoms with Gasteiger partial charge in [-0.15, -0.1) is 0 Å². The Labute approximate surface area is 140 Å². The molecule has 1 aromatic carbocycles. The van der Waals surface area contributed by atoms with E-state index in [2.05, 4.69) is 10.4 Å². The largest absolute Gasteiger partial charge is 0.489 e. The zero-order valence-electron chi connectivity index (χ0n) is 12.9. The Hall–Kier alpha value is -2.21. The van der Waals surface area contributed by atoms with Crippen molar-refractivity contribution >= 4 is 23.4 Å². The minimum atomic E-state index is -0.125. The quantitative estimate of drug-likeness (QED) is 0.938. The van der Waals surface area contributed by atoms with E-state index in [9.17, 15) is 4.79 Å². The van der Waals surface area contributed by atoms with Crippen LogP contribution in [-0.4, -0.2) is 39.9 Å². The van der Waals surface area contributed by atoms with E-state index in [1.165, 1.54) is 0 Å². The maximum absolute atomic E-state index is 12.2. The lowest BCUT2D eigenvalue weighted by atomic mass is 10.1. The van der Waals surface area contributed by atoms with E-state index in [1.807, 2.05) is 31.3 Å². The molecule has 1 N–H and O–H groups in total. The smallest absolute Gasteiger partial charge is 0.323 e. The summed E-state index contributed by atoms with van der Waals surface area (Å²) >= 11 is 6.11. The van der Waals surface area contributed by atoms with Crippen LogP contribution in [0.1, 0.15) is 12.8 Å². The van der Waals surface area contributed by atoms with Gasteiger partial charge in [0.15, 0.2) is 5.82 Å². The van der Waals surface area contributed by atoms with Crippen molar-refractivity contribution in [2.45, 2.75) is 18.9 Å². The van der Waals surface area contributed by atoms with Crippen LogP contribution in [0.2, 0.25) is 5.02 Å². The van der Waals surface area contributed by atoms with E-state index in [0.29, 0.717) is 29.7 Å². The van der Waals surface area contributed by atoms with Crippen LogP contribution in [0.15, 0.2) is 36.5 Å². The molecule has 0 saturated carbocycles. The Morgan fingerprint density at radius 3 is 2.70 bits per heavy atom.